The van der Waals surface area contributed by atoms with Gasteiger partial charge < -0.3 is 5.32 Å². The highest BCUT2D eigenvalue weighted by Crippen LogP contribution is 2.26. The number of likely N-dealkylation sites (tertiary alicyclic amines) is 1. The second-order valence-electron chi connectivity index (χ2n) is 5.93. The van der Waals surface area contributed by atoms with Gasteiger partial charge in [0.1, 0.15) is 0 Å². The van der Waals surface area contributed by atoms with Crippen LogP contribution >= 0.6 is 0 Å². The molecule has 0 bridgehead atoms. The molecule has 1 aromatic heterocycles. The van der Waals surface area contributed by atoms with E-state index < -0.39 is 0 Å². The van der Waals surface area contributed by atoms with E-state index in [1.54, 1.807) is 0 Å². The smallest absolute Gasteiger partial charge is 0.0524 e. The maximum atomic E-state index is 4.44. The molecule has 0 radical (unpaired) electrons. The molecule has 0 spiro atoms. The van der Waals surface area contributed by atoms with Crippen LogP contribution in [0.3, 0.4) is 0 Å². The summed E-state index contributed by atoms with van der Waals surface area (Å²) in [7, 11) is 0. The maximum absolute atomic E-state index is 4.44. The maximum Gasteiger partial charge on any atom is 0.0524 e. The van der Waals surface area contributed by atoms with Crippen LogP contribution in [0.4, 0.5) is 0 Å². The average Bonchev–Trinajstić information content (AvgIpc) is 3.12. The van der Waals surface area contributed by atoms with Gasteiger partial charge in [0.15, 0.2) is 0 Å². The molecular weight excluding hydrogens is 236 g/mol. The highest BCUT2D eigenvalue weighted by atomic mass is 15.3. The molecule has 0 amide bonds. The standard InChI is InChI=1S/C15H26N4/c1-2-10-19-13(7-9-17-19)12-18-11-4-6-15(18)14-5-3-8-16-14/h7,9,14-16H,2-6,8,10-12H2,1H3. The number of nitrogens with zero attached hydrogens (tertiary/aromatic N) is 3. The summed E-state index contributed by atoms with van der Waals surface area (Å²) in [5, 5.41) is 8.13. The highest BCUT2D eigenvalue weighted by molar-refractivity contribution is 5.03. The summed E-state index contributed by atoms with van der Waals surface area (Å²) >= 11 is 0. The Labute approximate surface area is 116 Å². The van der Waals surface area contributed by atoms with Crippen molar-refractivity contribution in [2.24, 2.45) is 0 Å². The van der Waals surface area contributed by atoms with Gasteiger partial charge in [0.2, 0.25) is 0 Å². The molecule has 0 saturated carbocycles. The van der Waals surface area contributed by atoms with Crippen LogP contribution in [0.2, 0.25) is 0 Å². The molecule has 2 fully saturated rings. The normalized spacial score (nSPS) is 28.3. The van der Waals surface area contributed by atoms with Crippen molar-refractivity contribution in [3.63, 3.8) is 0 Å². The second-order valence-corrected chi connectivity index (χ2v) is 5.93. The van der Waals surface area contributed by atoms with E-state index in [2.05, 4.69) is 33.0 Å². The highest BCUT2D eigenvalue weighted by Gasteiger charge is 2.33. The van der Waals surface area contributed by atoms with E-state index >= 15 is 0 Å². The summed E-state index contributed by atoms with van der Waals surface area (Å²) in [4.78, 5) is 2.67. The molecule has 2 unspecified atom stereocenters. The van der Waals surface area contributed by atoms with Crippen molar-refractivity contribution in [2.45, 2.75) is 64.2 Å². The predicted molar refractivity (Wildman–Crippen MR) is 77.0 cm³/mol. The Bertz CT molecular complexity index is 395. The molecule has 1 N–H and O–H groups in total. The van der Waals surface area contributed by atoms with Crippen molar-refractivity contribution >= 4 is 0 Å². The molecule has 0 aromatic carbocycles. The summed E-state index contributed by atoms with van der Waals surface area (Å²) < 4.78 is 2.18. The lowest BCUT2D eigenvalue weighted by molar-refractivity contribution is 0.201. The zero-order valence-electron chi connectivity index (χ0n) is 12.0. The van der Waals surface area contributed by atoms with Gasteiger partial charge in [-0.2, -0.15) is 5.10 Å². The van der Waals surface area contributed by atoms with Gasteiger partial charge in [-0.25, -0.2) is 0 Å². The Kier molecular flexibility index (Phi) is 4.18. The Hall–Kier alpha value is -0.870. The minimum Gasteiger partial charge on any atom is -0.312 e. The Balaban J connectivity index is 1.65. The first-order valence-electron chi connectivity index (χ1n) is 7.86. The molecule has 19 heavy (non-hydrogen) atoms. The molecule has 2 saturated heterocycles. The van der Waals surface area contributed by atoms with Gasteiger partial charge in [-0.15, -0.1) is 0 Å². The third kappa shape index (κ3) is 2.84. The first-order chi connectivity index (χ1) is 9.38. The van der Waals surface area contributed by atoms with Gasteiger partial charge in [0.05, 0.1) is 5.69 Å². The molecule has 3 rings (SSSR count). The molecule has 2 aliphatic rings. The number of aromatic nitrogens is 2. The minimum absolute atomic E-state index is 0.727. The quantitative estimate of drug-likeness (QED) is 0.881. The van der Waals surface area contributed by atoms with E-state index in [9.17, 15) is 0 Å². The molecule has 4 heteroatoms. The molecule has 1 aromatic rings. The van der Waals surface area contributed by atoms with Crippen molar-refractivity contribution < 1.29 is 0 Å². The van der Waals surface area contributed by atoms with Gasteiger partial charge in [-0.05, 0) is 51.3 Å². The molecule has 4 nitrogen and oxygen atoms in total. The van der Waals surface area contributed by atoms with E-state index in [1.165, 1.54) is 44.5 Å². The van der Waals surface area contributed by atoms with E-state index in [-0.39, 0.29) is 0 Å². The lowest BCUT2D eigenvalue weighted by Crippen LogP contribution is -2.43. The van der Waals surface area contributed by atoms with Crippen LogP contribution < -0.4 is 5.32 Å². The third-order valence-electron chi connectivity index (χ3n) is 4.58. The fourth-order valence-electron chi connectivity index (χ4n) is 3.66. The third-order valence-corrected chi connectivity index (χ3v) is 4.58. The van der Waals surface area contributed by atoms with Crippen molar-refractivity contribution in [2.75, 3.05) is 13.1 Å². The number of hydrogen-bond donors (Lipinski definition) is 1. The van der Waals surface area contributed by atoms with Crippen LogP contribution in [-0.2, 0) is 13.1 Å². The largest absolute Gasteiger partial charge is 0.312 e. The number of nitrogens with one attached hydrogen (secondary N) is 1. The Morgan fingerprint density at radius 1 is 1.37 bits per heavy atom. The Morgan fingerprint density at radius 3 is 3.11 bits per heavy atom. The topological polar surface area (TPSA) is 33.1 Å². The average molecular weight is 262 g/mol. The lowest BCUT2D eigenvalue weighted by Gasteiger charge is -2.29. The molecule has 2 aliphatic heterocycles. The van der Waals surface area contributed by atoms with Gasteiger partial charge >= 0.3 is 0 Å². The van der Waals surface area contributed by atoms with Gasteiger partial charge in [0.25, 0.3) is 0 Å². The first kappa shape index (κ1) is 13.1. The van der Waals surface area contributed by atoms with Gasteiger partial charge in [-0.1, -0.05) is 6.92 Å². The summed E-state index contributed by atoms with van der Waals surface area (Å²) in [6.45, 7) is 6.79. The first-order valence-corrected chi connectivity index (χ1v) is 7.86. The molecular formula is C15H26N4. The van der Waals surface area contributed by atoms with Crippen LogP contribution in [0.25, 0.3) is 0 Å². The molecule has 3 heterocycles. The van der Waals surface area contributed by atoms with E-state index in [0.717, 1.165) is 31.6 Å². The number of hydrogen-bond acceptors (Lipinski definition) is 3. The van der Waals surface area contributed by atoms with Crippen molar-refractivity contribution in [1.29, 1.82) is 0 Å². The molecule has 106 valence electrons. The Morgan fingerprint density at radius 2 is 2.32 bits per heavy atom. The minimum atomic E-state index is 0.727. The van der Waals surface area contributed by atoms with E-state index in [1.807, 2.05) is 6.20 Å². The number of rotatable bonds is 5. The zero-order valence-corrected chi connectivity index (χ0v) is 12.0. The summed E-state index contributed by atoms with van der Waals surface area (Å²) in [5.74, 6) is 0. The fraction of sp³-hybridized carbons (Fsp3) is 0.800. The van der Waals surface area contributed by atoms with Crippen LogP contribution in [0.1, 0.15) is 44.7 Å². The second kappa shape index (κ2) is 6.06. The summed E-state index contributed by atoms with van der Waals surface area (Å²) in [6, 6.07) is 3.66. The molecule has 0 aliphatic carbocycles. The lowest BCUT2D eigenvalue weighted by atomic mass is 10.0. The van der Waals surface area contributed by atoms with Crippen LogP contribution in [-0.4, -0.2) is 39.9 Å². The molecule has 2 atom stereocenters. The SMILES string of the molecule is CCCn1nccc1CN1CCCC1C1CCCN1. The van der Waals surface area contributed by atoms with Crippen molar-refractivity contribution in [3.8, 4) is 0 Å². The van der Waals surface area contributed by atoms with Crippen LogP contribution in [0, 0.1) is 0 Å². The summed E-state index contributed by atoms with van der Waals surface area (Å²) in [5.41, 5.74) is 1.38. The summed E-state index contributed by atoms with van der Waals surface area (Å²) in [6.07, 6.45) is 8.52. The van der Waals surface area contributed by atoms with E-state index in [0.29, 0.717) is 0 Å². The van der Waals surface area contributed by atoms with Crippen LogP contribution in [0.5, 0.6) is 0 Å². The van der Waals surface area contributed by atoms with Gasteiger partial charge in [-0.3, -0.25) is 9.58 Å². The fourth-order valence-corrected chi connectivity index (χ4v) is 3.66. The predicted octanol–water partition coefficient (Wildman–Crippen LogP) is 2.01. The van der Waals surface area contributed by atoms with Gasteiger partial charge in [0, 0.05) is 31.4 Å². The zero-order chi connectivity index (χ0) is 13.1. The van der Waals surface area contributed by atoms with Crippen LogP contribution in [0.15, 0.2) is 12.3 Å². The number of aryl methyl sites for hydroxylation is 1. The van der Waals surface area contributed by atoms with Crippen molar-refractivity contribution in [1.82, 2.24) is 20.0 Å². The van der Waals surface area contributed by atoms with Crippen molar-refractivity contribution in [3.05, 3.63) is 18.0 Å². The van der Waals surface area contributed by atoms with E-state index in [4.69, 9.17) is 0 Å². The monoisotopic (exact) mass is 262 g/mol.